The van der Waals surface area contributed by atoms with Crippen LogP contribution in [0, 0.1) is 17.8 Å². The predicted octanol–water partition coefficient (Wildman–Crippen LogP) is 5.09. The number of Topliss-reactive ketones (excluding diaryl/α,β-unsaturated/α-hetero) is 1. The second-order valence-corrected chi connectivity index (χ2v) is 12.4. The number of thiophene rings is 1. The molecule has 1 fully saturated rings. The minimum atomic E-state index is -1.34. The van der Waals surface area contributed by atoms with Gasteiger partial charge in [0.15, 0.2) is 6.61 Å². The standard InChI is InChI=1S/C29H23Cl2NO5S/c1-15(2)24(27(36)37-14-20(33)21-12-7-13-38-21)32-25(34)22-23(26(32)35)29(31)17-9-4-3-8-16(17)28(22,30)18-10-5-6-11-19(18)29/h3-13,15,22-24H,14H2,1-2H3/t22-,23+,24-,28?,29?/m0/s1. The average molecular weight is 568 g/mol. The number of carbonyl (C=O) groups excluding carboxylic acids is 4. The molecule has 2 bridgehead atoms. The lowest BCUT2D eigenvalue weighted by Crippen LogP contribution is -2.57. The van der Waals surface area contributed by atoms with E-state index in [1.54, 1.807) is 31.4 Å². The van der Waals surface area contributed by atoms with E-state index in [9.17, 15) is 19.2 Å². The van der Waals surface area contributed by atoms with Crippen molar-refractivity contribution in [1.82, 2.24) is 4.90 Å². The van der Waals surface area contributed by atoms with Crippen molar-refractivity contribution < 1.29 is 23.9 Å². The number of carbonyl (C=O) groups is 4. The van der Waals surface area contributed by atoms with Crippen LogP contribution in [0.25, 0.3) is 0 Å². The number of hydrogen-bond donors (Lipinski definition) is 0. The molecule has 0 N–H and O–H groups in total. The highest BCUT2D eigenvalue weighted by Crippen LogP contribution is 2.69. The third-order valence-electron chi connectivity index (χ3n) is 7.91. The van der Waals surface area contributed by atoms with E-state index in [-0.39, 0.29) is 5.78 Å². The number of rotatable bonds is 6. The monoisotopic (exact) mass is 567 g/mol. The smallest absolute Gasteiger partial charge is 0.330 e. The van der Waals surface area contributed by atoms with E-state index in [2.05, 4.69) is 0 Å². The van der Waals surface area contributed by atoms with Crippen molar-refractivity contribution >= 4 is 58.1 Å². The number of ketones is 1. The Morgan fingerprint density at radius 1 is 0.868 bits per heavy atom. The summed E-state index contributed by atoms with van der Waals surface area (Å²) in [6, 6.07) is 16.8. The molecule has 1 aromatic heterocycles. The zero-order valence-corrected chi connectivity index (χ0v) is 22.8. The van der Waals surface area contributed by atoms with Gasteiger partial charge in [0.25, 0.3) is 0 Å². The topological polar surface area (TPSA) is 80.8 Å². The summed E-state index contributed by atoms with van der Waals surface area (Å²) in [6.45, 7) is 2.96. The highest BCUT2D eigenvalue weighted by Gasteiger charge is 2.74. The van der Waals surface area contributed by atoms with Crippen LogP contribution in [0.15, 0.2) is 66.0 Å². The zero-order chi connectivity index (χ0) is 27.0. The van der Waals surface area contributed by atoms with Gasteiger partial charge >= 0.3 is 5.97 Å². The summed E-state index contributed by atoms with van der Waals surface area (Å²) in [7, 11) is 0. The molecular formula is C29H23Cl2NO5S. The molecule has 6 nitrogen and oxygen atoms in total. The van der Waals surface area contributed by atoms with Gasteiger partial charge in [0.1, 0.15) is 15.8 Å². The molecule has 9 heteroatoms. The highest BCUT2D eigenvalue weighted by molar-refractivity contribution is 7.12. The quantitative estimate of drug-likeness (QED) is 0.179. The van der Waals surface area contributed by atoms with E-state index in [4.69, 9.17) is 27.9 Å². The van der Waals surface area contributed by atoms with E-state index in [0.29, 0.717) is 27.1 Å². The molecule has 2 aromatic carbocycles. The molecule has 1 aliphatic heterocycles. The van der Waals surface area contributed by atoms with Gasteiger partial charge in [-0.15, -0.1) is 34.5 Å². The zero-order valence-electron chi connectivity index (χ0n) is 20.5. The number of likely N-dealkylation sites (tertiary alicyclic amines) is 1. The number of imide groups is 1. The Morgan fingerprint density at radius 3 is 1.74 bits per heavy atom. The van der Waals surface area contributed by atoms with Gasteiger partial charge in [-0.3, -0.25) is 19.3 Å². The third-order valence-corrected chi connectivity index (χ3v) is 10.1. The van der Waals surface area contributed by atoms with Crippen molar-refractivity contribution in [2.75, 3.05) is 6.61 Å². The van der Waals surface area contributed by atoms with Gasteiger partial charge < -0.3 is 4.74 Å². The fraction of sp³-hybridized carbons (Fsp3) is 0.310. The van der Waals surface area contributed by atoms with Crippen molar-refractivity contribution in [3.05, 3.63) is 93.2 Å². The Morgan fingerprint density at radius 2 is 1.34 bits per heavy atom. The number of nitrogens with zero attached hydrogens (tertiary/aromatic N) is 1. The molecule has 0 saturated carbocycles. The minimum absolute atomic E-state index is 0.355. The molecule has 3 aliphatic carbocycles. The van der Waals surface area contributed by atoms with Crippen molar-refractivity contribution in [3.8, 4) is 0 Å². The van der Waals surface area contributed by atoms with Crippen molar-refractivity contribution in [2.45, 2.75) is 29.6 Å². The van der Waals surface area contributed by atoms with Gasteiger partial charge in [-0.05, 0) is 39.6 Å². The first kappa shape index (κ1) is 25.3. The maximum atomic E-state index is 14.2. The van der Waals surface area contributed by atoms with Crippen LogP contribution in [0.2, 0.25) is 0 Å². The molecule has 2 heterocycles. The Labute approximate surface area is 233 Å². The van der Waals surface area contributed by atoms with Crippen molar-refractivity contribution in [1.29, 1.82) is 0 Å². The summed E-state index contributed by atoms with van der Waals surface area (Å²) in [5.41, 5.74) is 2.74. The predicted molar refractivity (Wildman–Crippen MR) is 143 cm³/mol. The normalized spacial score (nSPS) is 27.7. The van der Waals surface area contributed by atoms with Gasteiger partial charge in [0, 0.05) is 0 Å². The molecule has 194 valence electrons. The molecule has 0 radical (unpaired) electrons. The number of alkyl halides is 2. The molecule has 7 rings (SSSR count). The van der Waals surface area contributed by atoms with Crippen molar-refractivity contribution in [2.24, 2.45) is 17.8 Å². The Balaban J connectivity index is 1.41. The second-order valence-electron chi connectivity index (χ2n) is 10.2. The summed E-state index contributed by atoms with van der Waals surface area (Å²) in [4.78, 5) is 52.9. The van der Waals surface area contributed by atoms with E-state index in [1.165, 1.54) is 11.3 Å². The average Bonchev–Trinajstić information content (AvgIpc) is 3.54. The second kappa shape index (κ2) is 8.76. The SMILES string of the molecule is CC(C)[C@@H](C(=O)OCC(=O)c1cccs1)N1C(=O)[C@@H]2[C@H](C1=O)C1(Cl)c3ccccc3C2(Cl)c2ccccc21. The Kier molecular flexibility index (Phi) is 5.83. The fourth-order valence-corrected chi connectivity index (χ4v) is 8.12. The van der Waals surface area contributed by atoms with E-state index < -0.39 is 57.9 Å². The van der Waals surface area contributed by atoms with Crippen LogP contribution in [-0.4, -0.2) is 41.1 Å². The lowest BCUT2D eigenvalue weighted by atomic mass is 9.54. The summed E-state index contributed by atoms with van der Waals surface area (Å²) in [5.74, 6) is -4.81. The molecule has 1 saturated heterocycles. The molecule has 3 atom stereocenters. The summed E-state index contributed by atoms with van der Waals surface area (Å²) in [5, 5.41) is 1.75. The fourth-order valence-electron chi connectivity index (χ4n) is 6.37. The van der Waals surface area contributed by atoms with Gasteiger partial charge in [-0.25, -0.2) is 4.79 Å². The van der Waals surface area contributed by atoms with E-state index in [0.717, 1.165) is 4.90 Å². The van der Waals surface area contributed by atoms with Crippen LogP contribution >= 0.6 is 34.5 Å². The molecular weight excluding hydrogens is 545 g/mol. The minimum Gasteiger partial charge on any atom is -0.456 e. The maximum absolute atomic E-state index is 14.2. The van der Waals surface area contributed by atoms with Crippen LogP contribution in [0.1, 0.15) is 45.8 Å². The van der Waals surface area contributed by atoms with E-state index in [1.807, 2.05) is 48.5 Å². The number of hydrogen-bond acceptors (Lipinski definition) is 6. The van der Waals surface area contributed by atoms with Crippen LogP contribution in [0.3, 0.4) is 0 Å². The molecule has 4 aliphatic rings. The number of ether oxygens (including phenoxy) is 1. The van der Waals surface area contributed by atoms with Gasteiger partial charge in [-0.1, -0.05) is 68.4 Å². The third kappa shape index (κ3) is 3.19. The van der Waals surface area contributed by atoms with Gasteiger partial charge in [0.2, 0.25) is 17.6 Å². The number of amides is 2. The largest absolute Gasteiger partial charge is 0.456 e. The molecule has 2 amide bonds. The van der Waals surface area contributed by atoms with Crippen LogP contribution in [0.4, 0.5) is 0 Å². The molecule has 0 spiro atoms. The summed E-state index contributed by atoms with van der Waals surface area (Å²) >= 11 is 16.1. The van der Waals surface area contributed by atoms with Crippen LogP contribution in [-0.2, 0) is 28.9 Å². The lowest BCUT2D eigenvalue weighted by molar-refractivity contribution is -0.160. The number of halogens is 2. The Hall–Kier alpha value is -3.00. The first-order chi connectivity index (χ1) is 18.1. The van der Waals surface area contributed by atoms with Gasteiger partial charge in [0.05, 0.1) is 16.7 Å². The lowest BCUT2D eigenvalue weighted by Gasteiger charge is -2.54. The van der Waals surface area contributed by atoms with Crippen LogP contribution in [0.5, 0.6) is 0 Å². The van der Waals surface area contributed by atoms with Crippen LogP contribution < -0.4 is 0 Å². The molecule has 38 heavy (non-hydrogen) atoms. The summed E-state index contributed by atoms with van der Waals surface area (Å²) in [6.07, 6.45) is 0. The van der Waals surface area contributed by atoms with Gasteiger partial charge in [-0.2, -0.15) is 0 Å². The maximum Gasteiger partial charge on any atom is 0.330 e. The first-order valence-corrected chi connectivity index (χ1v) is 13.9. The molecule has 3 aromatic rings. The van der Waals surface area contributed by atoms with E-state index >= 15 is 0 Å². The number of benzene rings is 2. The number of esters is 1. The first-order valence-electron chi connectivity index (χ1n) is 12.3. The molecule has 0 unspecified atom stereocenters. The Bertz CT molecular complexity index is 1380. The summed E-state index contributed by atoms with van der Waals surface area (Å²) < 4.78 is 5.36. The van der Waals surface area contributed by atoms with Crippen molar-refractivity contribution in [3.63, 3.8) is 0 Å². The highest BCUT2D eigenvalue weighted by atomic mass is 35.5.